The van der Waals surface area contributed by atoms with Crippen LogP contribution in [0.2, 0.25) is 0 Å². The molecule has 0 bridgehead atoms. The lowest BCUT2D eigenvalue weighted by Gasteiger charge is -2.43. The SMILES string of the molecule is C[C@@H]1CC2=C(Cc3cc(F)ccc32)[C@@H](c2c(F)ccc(OCCNCCCF)c2F)N1CC(F)(F)CO. The fourth-order valence-electron chi connectivity index (χ4n) is 5.22. The van der Waals surface area contributed by atoms with Gasteiger partial charge in [0.1, 0.15) is 24.8 Å². The van der Waals surface area contributed by atoms with Gasteiger partial charge in [0.05, 0.1) is 19.3 Å². The number of fused-ring (bicyclic) bond motifs is 2. The number of halogens is 6. The Morgan fingerprint density at radius 3 is 2.65 bits per heavy atom. The molecular weight excluding hydrogens is 498 g/mol. The fraction of sp³-hybridized carbons (Fsp3) is 0.481. The van der Waals surface area contributed by atoms with E-state index >= 15 is 8.78 Å². The van der Waals surface area contributed by atoms with E-state index in [1.54, 1.807) is 13.0 Å². The van der Waals surface area contributed by atoms with E-state index in [1.807, 2.05) is 0 Å². The van der Waals surface area contributed by atoms with Gasteiger partial charge in [-0.3, -0.25) is 9.29 Å². The number of hydrogen-bond donors (Lipinski definition) is 2. The molecule has 1 aliphatic carbocycles. The fourth-order valence-corrected chi connectivity index (χ4v) is 5.22. The van der Waals surface area contributed by atoms with Crippen LogP contribution in [0.5, 0.6) is 5.75 Å². The van der Waals surface area contributed by atoms with Crippen molar-refractivity contribution in [1.82, 2.24) is 10.2 Å². The molecule has 2 aromatic rings. The van der Waals surface area contributed by atoms with Crippen LogP contribution < -0.4 is 10.1 Å². The molecule has 0 unspecified atom stereocenters. The number of benzene rings is 2. The summed E-state index contributed by atoms with van der Waals surface area (Å²) < 4.78 is 91.7. The minimum atomic E-state index is -3.51. The van der Waals surface area contributed by atoms with Crippen LogP contribution in [0.4, 0.5) is 26.3 Å². The Morgan fingerprint density at radius 1 is 1.14 bits per heavy atom. The molecule has 2 aliphatic rings. The summed E-state index contributed by atoms with van der Waals surface area (Å²) in [7, 11) is 0. The number of ether oxygens (including phenoxy) is 1. The van der Waals surface area contributed by atoms with Gasteiger partial charge in [-0.05, 0) is 79.3 Å². The number of alkyl halides is 3. The zero-order valence-corrected chi connectivity index (χ0v) is 20.5. The molecule has 0 fully saturated rings. The Hall–Kier alpha value is -2.56. The smallest absolute Gasteiger partial charge is 0.283 e. The van der Waals surface area contributed by atoms with E-state index in [-0.39, 0.29) is 18.8 Å². The van der Waals surface area contributed by atoms with E-state index in [9.17, 15) is 22.7 Å². The van der Waals surface area contributed by atoms with Crippen LogP contribution in [0.15, 0.2) is 35.9 Å². The summed E-state index contributed by atoms with van der Waals surface area (Å²) in [6.07, 6.45) is 0.812. The zero-order valence-electron chi connectivity index (χ0n) is 20.5. The van der Waals surface area contributed by atoms with E-state index in [1.165, 1.54) is 17.0 Å². The van der Waals surface area contributed by atoms with Crippen LogP contribution in [0, 0.1) is 17.5 Å². The lowest BCUT2D eigenvalue weighted by Crippen LogP contribution is -2.48. The van der Waals surface area contributed by atoms with Gasteiger partial charge in [0.2, 0.25) is 0 Å². The van der Waals surface area contributed by atoms with Crippen molar-refractivity contribution < 1.29 is 36.2 Å². The van der Waals surface area contributed by atoms with Gasteiger partial charge in [0.15, 0.2) is 11.6 Å². The van der Waals surface area contributed by atoms with Crippen LogP contribution in [0.25, 0.3) is 5.57 Å². The Morgan fingerprint density at radius 2 is 1.92 bits per heavy atom. The summed E-state index contributed by atoms with van der Waals surface area (Å²) in [5.41, 5.74) is 2.23. The van der Waals surface area contributed by atoms with E-state index in [2.05, 4.69) is 5.32 Å². The first kappa shape index (κ1) is 27.5. The van der Waals surface area contributed by atoms with Gasteiger partial charge in [0.25, 0.3) is 5.92 Å². The van der Waals surface area contributed by atoms with Gasteiger partial charge in [-0.1, -0.05) is 6.07 Å². The molecule has 0 saturated carbocycles. The second kappa shape index (κ2) is 11.4. The van der Waals surface area contributed by atoms with Gasteiger partial charge in [-0.15, -0.1) is 0 Å². The molecule has 202 valence electrons. The molecule has 37 heavy (non-hydrogen) atoms. The minimum absolute atomic E-state index is 0.0281. The highest BCUT2D eigenvalue weighted by Gasteiger charge is 2.45. The number of nitrogens with zero attached hydrogens (tertiary/aromatic N) is 1. The maximum atomic E-state index is 15.8. The normalized spacial score (nSPS) is 19.8. The highest BCUT2D eigenvalue weighted by atomic mass is 19.3. The van der Waals surface area contributed by atoms with E-state index in [4.69, 9.17) is 4.74 Å². The Bertz CT molecular complexity index is 1160. The van der Waals surface area contributed by atoms with E-state index < -0.39 is 60.8 Å². The van der Waals surface area contributed by atoms with Crippen molar-refractivity contribution in [2.45, 2.75) is 44.2 Å². The summed E-state index contributed by atoms with van der Waals surface area (Å²) in [5.74, 6) is -6.13. The lowest BCUT2D eigenvalue weighted by atomic mass is 9.84. The molecule has 0 spiro atoms. The molecule has 4 nitrogen and oxygen atoms in total. The van der Waals surface area contributed by atoms with Crippen LogP contribution in [-0.4, -0.2) is 61.5 Å². The van der Waals surface area contributed by atoms with E-state index in [0.29, 0.717) is 37.1 Å². The topological polar surface area (TPSA) is 44.7 Å². The maximum Gasteiger partial charge on any atom is 0.283 e. The van der Waals surface area contributed by atoms with Crippen molar-refractivity contribution >= 4 is 5.57 Å². The molecule has 0 saturated heterocycles. The van der Waals surface area contributed by atoms with Crippen molar-refractivity contribution in [1.29, 1.82) is 0 Å². The first-order valence-electron chi connectivity index (χ1n) is 12.3. The molecule has 0 radical (unpaired) electrons. The number of nitrogens with one attached hydrogen (secondary N) is 1. The minimum Gasteiger partial charge on any atom is -0.489 e. The molecule has 1 heterocycles. The van der Waals surface area contributed by atoms with Gasteiger partial charge in [-0.25, -0.2) is 22.0 Å². The van der Waals surface area contributed by atoms with Gasteiger partial charge >= 0.3 is 0 Å². The van der Waals surface area contributed by atoms with Gasteiger partial charge in [0, 0.05) is 18.2 Å². The summed E-state index contributed by atoms with van der Waals surface area (Å²) in [4.78, 5) is 1.31. The van der Waals surface area contributed by atoms with Crippen molar-refractivity contribution in [3.05, 3.63) is 70.0 Å². The van der Waals surface area contributed by atoms with Crippen LogP contribution in [0.3, 0.4) is 0 Å². The third-order valence-corrected chi connectivity index (χ3v) is 6.92. The Kier molecular flexibility index (Phi) is 8.50. The van der Waals surface area contributed by atoms with Crippen molar-refractivity contribution in [2.24, 2.45) is 0 Å². The largest absolute Gasteiger partial charge is 0.489 e. The average molecular weight is 529 g/mol. The summed E-state index contributed by atoms with van der Waals surface area (Å²) in [5, 5.41) is 12.2. The standard InChI is InChI=1S/C27H30F6N2O2/c1-16-11-20-19-4-3-18(29)12-17(19)13-21(20)26(35(16)14-27(32,33)15-36)24-22(30)5-6-23(25(24)31)37-10-9-34-8-2-7-28/h3-6,12,16,26,34,36H,2,7-11,13-15H2,1H3/t16-,26+/m1/s1. The van der Waals surface area contributed by atoms with E-state index in [0.717, 1.165) is 23.3 Å². The third-order valence-electron chi connectivity index (χ3n) is 6.92. The van der Waals surface area contributed by atoms with Gasteiger partial charge < -0.3 is 15.2 Å². The lowest BCUT2D eigenvalue weighted by molar-refractivity contribution is -0.0862. The van der Waals surface area contributed by atoms with Crippen molar-refractivity contribution in [3.63, 3.8) is 0 Å². The van der Waals surface area contributed by atoms with Crippen molar-refractivity contribution in [2.75, 3.05) is 39.5 Å². The summed E-state index contributed by atoms with van der Waals surface area (Å²) in [6.45, 7) is -0.362. The molecule has 0 amide bonds. The highest BCUT2D eigenvalue weighted by Crippen LogP contribution is 2.50. The second-order valence-corrected chi connectivity index (χ2v) is 9.54. The summed E-state index contributed by atoms with van der Waals surface area (Å²) in [6, 6.07) is 4.67. The monoisotopic (exact) mass is 528 g/mol. The van der Waals surface area contributed by atoms with Crippen LogP contribution >= 0.6 is 0 Å². The molecule has 2 aromatic carbocycles. The Balaban J connectivity index is 1.73. The van der Waals surface area contributed by atoms with Gasteiger partial charge in [-0.2, -0.15) is 0 Å². The first-order chi connectivity index (χ1) is 17.7. The molecule has 0 aromatic heterocycles. The highest BCUT2D eigenvalue weighted by molar-refractivity contribution is 5.79. The predicted molar refractivity (Wildman–Crippen MR) is 128 cm³/mol. The maximum absolute atomic E-state index is 15.8. The second-order valence-electron chi connectivity index (χ2n) is 9.54. The molecule has 2 atom stereocenters. The third kappa shape index (κ3) is 5.81. The number of rotatable bonds is 11. The number of hydrogen-bond acceptors (Lipinski definition) is 4. The predicted octanol–water partition coefficient (Wildman–Crippen LogP) is 5.20. The molecule has 10 heteroatoms. The van der Waals surface area contributed by atoms with Crippen LogP contribution in [-0.2, 0) is 6.42 Å². The van der Waals surface area contributed by atoms with Crippen LogP contribution in [0.1, 0.15) is 42.5 Å². The average Bonchev–Trinajstić information content (AvgIpc) is 3.21. The molecule has 4 rings (SSSR count). The zero-order chi connectivity index (χ0) is 26.7. The van der Waals surface area contributed by atoms with Crippen molar-refractivity contribution in [3.8, 4) is 5.75 Å². The molecule has 2 N–H and O–H groups in total. The first-order valence-corrected chi connectivity index (χ1v) is 12.3. The Labute approximate surface area is 211 Å². The summed E-state index contributed by atoms with van der Waals surface area (Å²) >= 11 is 0. The number of aliphatic hydroxyl groups is 1. The molecule has 1 aliphatic heterocycles. The molecular formula is C27H30F6N2O2. The number of aliphatic hydroxyl groups excluding tert-OH is 1. The quantitative estimate of drug-likeness (QED) is 0.311.